The molecule has 1 rings (SSSR count). The number of rotatable bonds is 9. The average Bonchev–Trinajstić information content (AvgIpc) is 3.01. The molecule has 0 aliphatic carbocycles. The highest BCUT2D eigenvalue weighted by atomic mass is 16.4. The number of carbonyl (C=O) groups excluding carboxylic acids is 2. The van der Waals surface area contributed by atoms with Gasteiger partial charge in [-0.25, -0.2) is 9.78 Å². The predicted molar refractivity (Wildman–Crippen MR) is 80.5 cm³/mol. The summed E-state index contributed by atoms with van der Waals surface area (Å²) in [5, 5.41) is 31.6. The number of hydrogen-bond acceptors (Lipinski definition) is 7. The molecule has 0 aliphatic rings. The molecule has 0 aliphatic heterocycles. The lowest BCUT2D eigenvalue weighted by Crippen LogP contribution is -2.58. The maximum atomic E-state index is 12.1. The minimum atomic E-state index is -1.55. The van der Waals surface area contributed by atoms with Crippen LogP contribution in [-0.2, 0) is 20.8 Å². The van der Waals surface area contributed by atoms with E-state index in [0.717, 1.165) is 0 Å². The van der Waals surface area contributed by atoms with E-state index >= 15 is 0 Å². The van der Waals surface area contributed by atoms with E-state index in [2.05, 4.69) is 15.3 Å². The number of nitrogens with two attached hydrogens (primary N) is 1. The minimum Gasteiger partial charge on any atom is -0.480 e. The van der Waals surface area contributed by atoms with Gasteiger partial charge in [-0.05, 0) is 6.92 Å². The molecule has 0 bridgehead atoms. The number of carboxylic acids is 1. The Labute approximate surface area is 137 Å². The SMILES string of the molecule is CC(O)C(NC(=O)C(N)Cc1cnc[nH]1)C(=O)NC(CO)C(=O)O. The van der Waals surface area contributed by atoms with Crippen molar-refractivity contribution in [3.05, 3.63) is 18.2 Å². The van der Waals surface area contributed by atoms with E-state index < -0.39 is 48.6 Å². The van der Waals surface area contributed by atoms with E-state index in [4.69, 9.17) is 15.9 Å². The van der Waals surface area contributed by atoms with E-state index in [1.54, 1.807) is 0 Å². The fourth-order valence-electron chi connectivity index (χ4n) is 1.84. The molecule has 1 heterocycles. The quantitative estimate of drug-likeness (QED) is 0.242. The van der Waals surface area contributed by atoms with Crippen molar-refractivity contribution >= 4 is 17.8 Å². The molecule has 8 N–H and O–H groups in total. The molecule has 24 heavy (non-hydrogen) atoms. The Morgan fingerprint density at radius 3 is 2.46 bits per heavy atom. The lowest BCUT2D eigenvalue weighted by atomic mass is 10.1. The zero-order chi connectivity index (χ0) is 18.3. The molecule has 4 unspecified atom stereocenters. The predicted octanol–water partition coefficient (Wildman–Crippen LogP) is -3.29. The van der Waals surface area contributed by atoms with Crippen LogP contribution >= 0.6 is 0 Å². The molecular weight excluding hydrogens is 322 g/mol. The van der Waals surface area contributed by atoms with Gasteiger partial charge >= 0.3 is 5.97 Å². The molecule has 0 fully saturated rings. The topological polar surface area (TPSA) is 191 Å². The van der Waals surface area contributed by atoms with E-state index in [0.29, 0.717) is 5.69 Å². The van der Waals surface area contributed by atoms with Gasteiger partial charge < -0.3 is 36.7 Å². The summed E-state index contributed by atoms with van der Waals surface area (Å²) in [5.74, 6) is -3.10. The van der Waals surface area contributed by atoms with Crippen LogP contribution in [0.3, 0.4) is 0 Å². The van der Waals surface area contributed by atoms with Gasteiger partial charge in [0.2, 0.25) is 11.8 Å². The first kappa shape index (κ1) is 19.5. The normalized spacial score (nSPS) is 15.8. The van der Waals surface area contributed by atoms with Gasteiger partial charge in [0.25, 0.3) is 0 Å². The standard InChI is InChI=1S/C13H21N5O6/c1-6(20)10(12(22)17-9(4-19)13(23)24)18-11(21)8(14)2-7-3-15-5-16-7/h3,5-6,8-10,19-20H,2,4,14H2,1H3,(H,15,16)(H,17,22)(H,18,21)(H,23,24). The monoisotopic (exact) mass is 343 g/mol. The zero-order valence-electron chi connectivity index (χ0n) is 13.0. The first-order valence-electron chi connectivity index (χ1n) is 7.11. The van der Waals surface area contributed by atoms with Gasteiger partial charge in [0.05, 0.1) is 25.1 Å². The van der Waals surface area contributed by atoms with Crippen LogP contribution in [0.1, 0.15) is 12.6 Å². The number of carboxylic acid groups (broad SMARTS) is 1. The molecule has 1 aromatic rings. The fraction of sp³-hybridized carbons (Fsp3) is 0.538. The van der Waals surface area contributed by atoms with Gasteiger partial charge in [-0.3, -0.25) is 9.59 Å². The van der Waals surface area contributed by atoms with Gasteiger partial charge in [0.1, 0.15) is 12.1 Å². The second kappa shape index (κ2) is 8.96. The van der Waals surface area contributed by atoms with Crippen LogP contribution in [0.5, 0.6) is 0 Å². The first-order chi connectivity index (χ1) is 11.3. The molecule has 1 aromatic heterocycles. The smallest absolute Gasteiger partial charge is 0.328 e. The third-order valence-corrected chi connectivity index (χ3v) is 3.19. The number of nitrogens with one attached hydrogen (secondary N) is 3. The lowest BCUT2D eigenvalue weighted by molar-refractivity contribution is -0.144. The Bertz CT molecular complexity index is 561. The van der Waals surface area contributed by atoms with Gasteiger partial charge in [-0.15, -0.1) is 0 Å². The van der Waals surface area contributed by atoms with Crippen molar-refractivity contribution in [1.29, 1.82) is 0 Å². The summed E-state index contributed by atoms with van der Waals surface area (Å²) in [5.41, 5.74) is 6.34. The number of aliphatic carboxylic acids is 1. The van der Waals surface area contributed by atoms with Gasteiger partial charge in [0.15, 0.2) is 0 Å². The van der Waals surface area contributed by atoms with E-state index in [-0.39, 0.29) is 6.42 Å². The molecule has 11 nitrogen and oxygen atoms in total. The van der Waals surface area contributed by atoms with Gasteiger partial charge in [0, 0.05) is 18.3 Å². The third kappa shape index (κ3) is 5.61. The fourth-order valence-corrected chi connectivity index (χ4v) is 1.84. The summed E-state index contributed by atoms with van der Waals surface area (Å²) in [4.78, 5) is 41.4. The summed E-state index contributed by atoms with van der Waals surface area (Å²) in [6, 6.07) is -3.97. The molecule has 2 amide bonds. The summed E-state index contributed by atoms with van der Waals surface area (Å²) < 4.78 is 0. The summed E-state index contributed by atoms with van der Waals surface area (Å²) >= 11 is 0. The van der Waals surface area contributed by atoms with Crippen LogP contribution in [0.15, 0.2) is 12.5 Å². The first-order valence-corrected chi connectivity index (χ1v) is 7.11. The van der Waals surface area contributed by atoms with Crippen LogP contribution in [0.2, 0.25) is 0 Å². The molecule has 0 saturated carbocycles. The molecule has 11 heteroatoms. The van der Waals surface area contributed by atoms with Gasteiger partial charge in [-0.2, -0.15) is 0 Å². The molecule has 134 valence electrons. The number of carbonyl (C=O) groups is 3. The van der Waals surface area contributed by atoms with E-state index in [1.165, 1.54) is 19.4 Å². The number of aliphatic hydroxyl groups excluding tert-OH is 2. The maximum Gasteiger partial charge on any atom is 0.328 e. The Hall–Kier alpha value is -2.50. The van der Waals surface area contributed by atoms with Crippen LogP contribution in [0.4, 0.5) is 0 Å². The summed E-state index contributed by atoms with van der Waals surface area (Å²) in [6.07, 6.45) is 1.74. The number of imidazole rings is 1. The Morgan fingerprint density at radius 1 is 1.33 bits per heavy atom. The second-order valence-electron chi connectivity index (χ2n) is 5.20. The van der Waals surface area contributed by atoms with Crippen molar-refractivity contribution < 1.29 is 29.7 Å². The molecule has 4 atom stereocenters. The van der Waals surface area contributed by atoms with Crippen molar-refractivity contribution in [2.24, 2.45) is 5.73 Å². The lowest BCUT2D eigenvalue weighted by Gasteiger charge is -2.24. The zero-order valence-corrected chi connectivity index (χ0v) is 13.0. The number of aliphatic hydroxyl groups is 2. The Kier molecular flexibility index (Phi) is 7.30. The Morgan fingerprint density at radius 2 is 2.00 bits per heavy atom. The van der Waals surface area contributed by atoms with Crippen molar-refractivity contribution in [1.82, 2.24) is 20.6 Å². The highest BCUT2D eigenvalue weighted by Crippen LogP contribution is 2.00. The molecule has 0 aromatic carbocycles. The number of amides is 2. The molecule has 0 saturated heterocycles. The summed E-state index contributed by atoms with van der Waals surface area (Å²) in [7, 11) is 0. The number of H-pyrrole nitrogens is 1. The van der Waals surface area contributed by atoms with Crippen molar-refractivity contribution in [3.8, 4) is 0 Å². The average molecular weight is 343 g/mol. The van der Waals surface area contributed by atoms with Gasteiger partial charge in [-0.1, -0.05) is 0 Å². The number of aromatic nitrogens is 2. The van der Waals surface area contributed by atoms with E-state index in [9.17, 15) is 19.5 Å². The van der Waals surface area contributed by atoms with Crippen molar-refractivity contribution in [3.63, 3.8) is 0 Å². The number of nitrogens with zero attached hydrogens (tertiary/aromatic N) is 1. The van der Waals surface area contributed by atoms with Crippen LogP contribution < -0.4 is 16.4 Å². The highest BCUT2D eigenvalue weighted by molar-refractivity contribution is 5.92. The minimum absolute atomic E-state index is 0.133. The van der Waals surface area contributed by atoms with Crippen LogP contribution in [0, 0.1) is 0 Å². The number of aromatic amines is 1. The molecular formula is C13H21N5O6. The Balaban J connectivity index is 2.68. The number of hydrogen-bond donors (Lipinski definition) is 7. The van der Waals surface area contributed by atoms with Crippen LogP contribution in [-0.4, -0.2) is 73.9 Å². The van der Waals surface area contributed by atoms with E-state index in [1.807, 2.05) is 5.32 Å². The maximum absolute atomic E-state index is 12.1. The second-order valence-corrected chi connectivity index (χ2v) is 5.20. The van der Waals surface area contributed by atoms with Crippen molar-refractivity contribution in [2.75, 3.05) is 6.61 Å². The molecule has 0 spiro atoms. The van der Waals surface area contributed by atoms with Crippen molar-refractivity contribution in [2.45, 2.75) is 37.6 Å². The third-order valence-electron chi connectivity index (χ3n) is 3.19. The summed E-state index contributed by atoms with van der Waals surface area (Å²) in [6.45, 7) is 0.417. The largest absolute Gasteiger partial charge is 0.480 e. The van der Waals surface area contributed by atoms with Crippen LogP contribution in [0.25, 0.3) is 0 Å². The highest BCUT2D eigenvalue weighted by Gasteiger charge is 2.30. The molecule has 0 radical (unpaired) electrons.